The molecule has 2 aromatic heterocycles. The van der Waals surface area contributed by atoms with Gasteiger partial charge in [-0.05, 0) is 147 Å². The largest absolute Gasteiger partial charge is 0.456 e. The number of rotatable bonds is 9. The molecule has 0 N–H and O–H groups in total. The molecule has 0 radical (unpaired) electrons. The summed E-state index contributed by atoms with van der Waals surface area (Å²) in [6, 6.07) is 142. The highest BCUT2D eigenvalue weighted by atomic mass is 16.5. The second kappa shape index (κ2) is 25.6. The lowest BCUT2D eigenvalue weighted by molar-refractivity contribution is 0.441. The van der Waals surface area contributed by atoms with Crippen molar-refractivity contribution >= 4 is 43.1 Å². The van der Waals surface area contributed by atoms with Crippen molar-refractivity contribution < 1.29 is 9.47 Å². The first-order valence-electron chi connectivity index (χ1n) is 39.6. The van der Waals surface area contributed by atoms with E-state index < -0.39 is 10.8 Å². The number of ether oxygens (including phenoxy) is 2. The lowest BCUT2D eigenvalue weighted by Gasteiger charge is -2.40. The van der Waals surface area contributed by atoms with Crippen molar-refractivity contribution in [2.45, 2.75) is 10.8 Å². The maximum atomic E-state index is 7.41. The topological polar surface area (TPSA) is 82.9 Å². The summed E-state index contributed by atoms with van der Waals surface area (Å²) < 4.78 is 14.7. The van der Waals surface area contributed by atoms with Gasteiger partial charge in [-0.25, -0.2) is 24.9 Å². The molecule has 538 valence electrons. The SMILES string of the molecule is c1ccc(-c2cc(-c3ccc(-c4ccc5c(-c6ccc7c(c6)-c6ccccc6C76c7ccc(-c8nc(-c9ccccc9)nc(-c9ccc(-c%10ccc%11ccccc%11c%10)cc9)n8)cc7Oc7c6ccc6ccccc76)cccc5c4)cc3)nc(-c3ccc4c(c3)Oc3c(ccc5ccccc35)C43c4ccccc4-c4ccccc43)n2)cc1. The van der Waals surface area contributed by atoms with Gasteiger partial charge in [-0.1, -0.05) is 358 Å². The van der Waals surface area contributed by atoms with Crippen LogP contribution in [0.3, 0.4) is 0 Å². The van der Waals surface area contributed by atoms with Crippen LogP contribution in [0.15, 0.2) is 394 Å². The highest BCUT2D eigenvalue weighted by Gasteiger charge is 2.53. The molecule has 7 heteroatoms. The first-order chi connectivity index (χ1) is 57.4. The second-order valence-corrected chi connectivity index (χ2v) is 30.8. The molecule has 18 aromatic carbocycles. The fourth-order valence-corrected chi connectivity index (χ4v) is 19.3. The molecule has 0 saturated heterocycles. The Balaban J connectivity index is 0.577. The van der Waals surface area contributed by atoms with E-state index >= 15 is 0 Å². The van der Waals surface area contributed by atoms with E-state index in [0.717, 1.165) is 150 Å². The smallest absolute Gasteiger partial charge is 0.164 e. The average molecular weight is 1480 g/mol. The summed E-state index contributed by atoms with van der Waals surface area (Å²) >= 11 is 0. The van der Waals surface area contributed by atoms with Crippen molar-refractivity contribution in [3.05, 3.63) is 439 Å². The molecule has 116 heavy (non-hydrogen) atoms. The molecule has 4 heterocycles. The molecule has 7 nitrogen and oxygen atoms in total. The molecule has 2 aliphatic carbocycles. The van der Waals surface area contributed by atoms with Gasteiger partial charge in [0.05, 0.1) is 22.2 Å². The van der Waals surface area contributed by atoms with Gasteiger partial charge in [0, 0.05) is 66.4 Å². The fraction of sp³-hybridized carbons (Fsp3) is 0.0183. The average Bonchev–Trinajstić information content (AvgIpc) is 1.49. The molecule has 0 bridgehead atoms. The predicted octanol–water partition coefficient (Wildman–Crippen LogP) is 27.2. The van der Waals surface area contributed by atoms with Crippen LogP contribution in [-0.2, 0) is 10.8 Å². The van der Waals surface area contributed by atoms with Crippen molar-refractivity contribution in [2.75, 3.05) is 0 Å². The van der Waals surface area contributed by atoms with E-state index in [4.69, 9.17) is 34.4 Å². The Bertz CT molecular complexity index is 7480. The monoisotopic (exact) mass is 1480 g/mol. The fourth-order valence-electron chi connectivity index (χ4n) is 19.3. The van der Waals surface area contributed by atoms with Crippen molar-refractivity contribution in [2.24, 2.45) is 0 Å². The van der Waals surface area contributed by atoms with Crippen molar-refractivity contribution in [3.63, 3.8) is 0 Å². The van der Waals surface area contributed by atoms with Gasteiger partial charge in [0.2, 0.25) is 0 Å². The van der Waals surface area contributed by atoms with Gasteiger partial charge in [0.25, 0.3) is 0 Å². The number of benzene rings is 18. The van der Waals surface area contributed by atoms with Gasteiger partial charge in [0.1, 0.15) is 23.0 Å². The highest BCUT2D eigenvalue weighted by molar-refractivity contribution is 6.03. The normalized spacial score (nSPS) is 14.1. The van der Waals surface area contributed by atoms with E-state index in [1.165, 1.54) is 60.7 Å². The van der Waals surface area contributed by atoms with Crippen LogP contribution in [0.4, 0.5) is 0 Å². The van der Waals surface area contributed by atoms with Gasteiger partial charge >= 0.3 is 0 Å². The van der Waals surface area contributed by atoms with Crippen LogP contribution in [0.5, 0.6) is 23.0 Å². The van der Waals surface area contributed by atoms with E-state index in [2.05, 4.69) is 370 Å². The second-order valence-electron chi connectivity index (χ2n) is 30.8. The molecular weight excluding hydrogens is 1410 g/mol. The highest BCUT2D eigenvalue weighted by Crippen LogP contribution is 2.66. The van der Waals surface area contributed by atoms with Crippen LogP contribution in [-0.4, -0.2) is 24.9 Å². The lowest BCUT2D eigenvalue weighted by atomic mass is 9.65. The first-order valence-corrected chi connectivity index (χ1v) is 39.6. The zero-order valence-electron chi connectivity index (χ0n) is 62.6. The minimum Gasteiger partial charge on any atom is -0.456 e. The molecule has 24 rings (SSSR count). The molecule has 0 fully saturated rings. The van der Waals surface area contributed by atoms with Crippen molar-refractivity contribution in [1.29, 1.82) is 0 Å². The van der Waals surface area contributed by atoms with Crippen LogP contribution in [0.25, 0.3) is 167 Å². The third-order valence-electron chi connectivity index (χ3n) is 24.7. The summed E-state index contributed by atoms with van der Waals surface area (Å²) in [7, 11) is 0. The van der Waals surface area contributed by atoms with Crippen LogP contribution in [0, 0.1) is 0 Å². The number of aromatic nitrogens is 5. The maximum Gasteiger partial charge on any atom is 0.164 e. The number of hydrogen-bond donors (Lipinski definition) is 0. The summed E-state index contributed by atoms with van der Waals surface area (Å²) in [4.78, 5) is 26.5. The Morgan fingerprint density at radius 2 is 0.534 bits per heavy atom. The predicted molar refractivity (Wildman–Crippen MR) is 469 cm³/mol. The van der Waals surface area contributed by atoms with Gasteiger partial charge in [0.15, 0.2) is 23.3 Å². The summed E-state index contributed by atoms with van der Waals surface area (Å²) in [6.45, 7) is 0. The zero-order chi connectivity index (χ0) is 76.2. The molecule has 20 aromatic rings. The van der Waals surface area contributed by atoms with Gasteiger partial charge in [-0.15, -0.1) is 0 Å². The van der Waals surface area contributed by atoms with Crippen LogP contribution >= 0.6 is 0 Å². The van der Waals surface area contributed by atoms with Crippen LogP contribution in [0.2, 0.25) is 0 Å². The summed E-state index contributed by atoms with van der Waals surface area (Å²) in [5, 5.41) is 9.09. The Morgan fingerprint density at radius 3 is 1.11 bits per heavy atom. The van der Waals surface area contributed by atoms with Crippen molar-refractivity contribution in [1.82, 2.24) is 24.9 Å². The number of nitrogens with zero attached hydrogens (tertiary/aromatic N) is 5. The van der Waals surface area contributed by atoms with Crippen LogP contribution < -0.4 is 9.47 Å². The molecule has 0 saturated carbocycles. The van der Waals surface area contributed by atoms with Crippen LogP contribution in [0.1, 0.15) is 44.5 Å². The molecule has 1 atom stereocenters. The van der Waals surface area contributed by atoms with E-state index in [1.54, 1.807) is 0 Å². The Morgan fingerprint density at radius 1 is 0.172 bits per heavy atom. The van der Waals surface area contributed by atoms with Gasteiger partial charge in [-0.3, -0.25) is 0 Å². The molecule has 0 amide bonds. The van der Waals surface area contributed by atoms with E-state index in [9.17, 15) is 0 Å². The third-order valence-corrected chi connectivity index (χ3v) is 24.7. The van der Waals surface area contributed by atoms with E-state index in [1.807, 2.05) is 24.3 Å². The molecule has 1 unspecified atom stereocenters. The standard InChI is InChI=1S/C109H65N5O2/c1-3-23-71(24-4-1)98-65-99(111-106(110-98)80-52-56-94-100(63-80)115-102-84-29-11-9-21-69(84)49-58-96(102)108(94)90-35-16-13-31-86(90)87-32-14-17-36-91(87)108)72-43-38-67(39-44-72)77-48-54-83-78(61-77)28-19-34-82(83)79-51-55-93-89(62-79)88-33-15-18-37-92(88)109(93)95-57-53-81(64-101(95)116-103-85-30-12-10-22-70(85)50-59-97(103)109)107-113-104(73-25-5-2-6-26-73)112-105(114-107)74-45-40-68(41-46-74)76-47-42-66-20-7-8-27-75(66)60-76/h1-65H. The third kappa shape index (κ3) is 9.95. The first kappa shape index (κ1) is 65.4. The Labute approximate surface area is 669 Å². The summed E-state index contributed by atoms with van der Waals surface area (Å²) in [6.07, 6.45) is 0. The molecular formula is C109H65N5O2. The number of fused-ring (bicyclic) bond motifs is 24. The Hall–Kier alpha value is -15.3. The van der Waals surface area contributed by atoms with Crippen molar-refractivity contribution in [3.8, 4) is 147 Å². The molecule has 2 aliphatic heterocycles. The quantitative estimate of drug-likeness (QED) is 0.142. The van der Waals surface area contributed by atoms with Gasteiger partial charge in [-0.2, -0.15) is 0 Å². The lowest BCUT2D eigenvalue weighted by Crippen LogP contribution is -2.32. The summed E-state index contributed by atoms with van der Waals surface area (Å²) in [5.74, 6) is 5.57. The maximum absolute atomic E-state index is 7.41. The van der Waals surface area contributed by atoms with Gasteiger partial charge < -0.3 is 9.47 Å². The molecule has 2 spiro atoms. The Kier molecular flexibility index (Phi) is 14.4. The molecule has 4 aliphatic rings. The summed E-state index contributed by atoms with van der Waals surface area (Å²) in [5.41, 5.74) is 26.6. The zero-order valence-corrected chi connectivity index (χ0v) is 62.6. The van der Waals surface area contributed by atoms with E-state index in [0.29, 0.717) is 23.3 Å². The minimum atomic E-state index is -0.756. The number of hydrogen-bond acceptors (Lipinski definition) is 7. The minimum absolute atomic E-state index is 0.552. The van der Waals surface area contributed by atoms with E-state index in [-0.39, 0.29) is 0 Å².